The van der Waals surface area contributed by atoms with Crippen LogP contribution < -0.4 is 5.32 Å². The Morgan fingerprint density at radius 1 is 1.56 bits per heavy atom. The molecule has 0 heterocycles. The molecule has 0 radical (unpaired) electrons. The Hall–Kier alpha value is -1.26. The molecule has 1 atom stereocenters. The van der Waals surface area contributed by atoms with Crippen molar-refractivity contribution in [3.8, 4) is 5.75 Å². The summed E-state index contributed by atoms with van der Waals surface area (Å²) < 4.78 is 0. The summed E-state index contributed by atoms with van der Waals surface area (Å²) in [4.78, 5) is 10.6. The lowest BCUT2D eigenvalue weighted by atomic mass is 10.0. The van der Waals surface area contributed by atoms with Crippen LogP contribution in [0, 0.1) is 0 Å². The zero-order valence-corrected chi connectivity index (χ0v) is 9.66. The molecular formula is C11H14ClNO3. The number of nitrogens with one attached hydrogen (secondary N) is 1. The predicted molar refractivity (Wildman–Crippen MR) is 61.9 cm³/mol. The molecule has 0 aliphatic rings. The number of likely N-dealkylation sites (N-methyl/N-ethyl adjacent to an activating group) is 1. The Morgan fingerprint density at radius 2 is 2.25 bits per heavy atom. The Morgan fingerprint density at radius 3 is 2.81 bits per heavy atom. The van der Waals surface area contributed by atoms with Gasteiger partial charge in [0.25, 0.3) is 0 Å². The topological polar surface area (TPSA) is 69.6 Å². The number of halogens is 1. The third kappa shape index (κ3) is 3.72. The van der Waals surface area contributed by atoms with E-state index in [4.69, 9.17) is 16.7 Å². The molecule has 16 heavy (non-hydrogen) atoms. The minimum absolute atomic E-state index is 0.00243. The number of carboxylic acid groups (broad SMARTS) is 1. The second-order valence-electron chi connectivity index (χ2n) is 3.56. The molecule has 0 aromatic heterocycles. The predicted octanol–water partition coefficient (Wildman–Crippen LogP) is 1.65. The van der Waals surface area contributed by atoms with Crippen molar-refractivity contribution in [3.63, 3.8) is 0 Å². The van der Waals surface area contributed by atoms with Crippen LogP contribution in [-0.4, -0.2) is 29.3 Å². The average Bonchev–Trinajstić information content (AvgIpc) is 2.21. The minimum Gasteiger partial charge on any atom is -0.508 e. The quantitative estimate of drug-likeness (QED) is 0.736. The van der Waals surface area contributed by atoms with E-state index < -0.39 is 5.97 Å². The monoisotopic (exact) mass is 243 g/mol. The number of rotatable bonds is 5. The van der Waals surface area contributed by atoms with Crippen molar-refractivity contribution in [2.24, 2.45) is 0 Å². The Balaban J connectivity index is 2.77. The molecule has 0 amide bonds. The van der Waals surface area contributed by atoms with E-state index in [1.165, 1.54) is 6.07 Å². The lowest BCUT2D eigenvalue weighted by Crippen LogP contribution is -2.30. The summed E-state index contributed by atoms with van der Waals surface area (Å²) in [6.45, 7) is 0. The van der Waals surface area contributed by atoms with Gasteiger partial charge < -0.3 is 15.5 Å². The minimum atomic E-state index is -0.874. The summed E-state index contributed by atoms with van der Waals surface area (Å²) in [5, 5.41) is 21.7. The number of phenolic OH excluding ortho intramolecular Hbond substituents is 1. The van der Waals surface area contributed by atoms with E-state index in [0.717, 1.165) is 0 Å². The molecule has 88 valence electrons. The molecule has 1 rings (SSSR count). The number of benzene rings is 1. The van der Waals surface area contributed by atoms with Crippen molar-refractivity contribution in [1.29, 1.82) is 0 Å². The molecular weight excluding hydrogens is 230 g/mol. The maximum absolute atomic E-state index is 10.6. The standard InChI is InChI=1S/C11H14ClNO3/c1-13-9(6-11(15)16)5-7-4-8(12)2-3-10(7)14/h2-4,9,13-14H,5-6H2,1H3,(H,15,16). The van der Waals surface area contributed by atoms with Crippen LogP contribution in [0.3, 0.4) is 0 Å². The molecule has 0 aliphatic carbocycles. The average molecular weight is 244 g/mol. The normalized spacial score (nSPS) is 12.4. The zero-order valence-electron chi connectivity index (χ0n) is 8.90. The van der Waals surface area contributed by atoms with Crippen molar-refractivity contribution in [2.45, 2.75) is 18.9 Å². The van der Waals surface area contributed by atoms with Gasteiger partial charge in [-0.2, -0.15) is 0 Å². The number of phenols is 1. The van der Waals surface area contributed by atoms with E-state index in [-0.39, 0.29) is 18.2 Å². The molecule has 4 nitrogen and oxygen atoms in total. The van der Waals surface area contributed by atoms with Crippen molar-refractivity contribution in [2.75, 3.05) is 7.05 Å². The van der Waals surface area contributed by atoms with Crippen molar-refractivity contribution >= 4 is 17.6 Å². The molecule has 1 unspecified atom stereocenters. The maximum atomic E-state index is 10.6. The maximum Gasteiger partial charge on any atom is 0.304 e. The summed E-state index contributed by atoms with van der Waals surface area (Å²) in [7, 11) is 1.69. The van der Waals surface area contributed by atoms with Crippen LogP contribution in [0.2, 0.25) is 5.02 Å². The molecule has 0 saturated heterocycles. The number of hydrogen-bond donors (Lipinski definition) is 3. The fraction of sp³-hybridized carbons (Fsp3) is 0.364. The van der Waals surface area contributed by atoms with E-state index in [9.17, 15) is 9.90 Å². The van der Waals surface area contributed by atoms with Crippen LogP contribution in [-0.2, 0) is 11.2 Å². The van der Waals surface area contributed by atoms with Crippen LogP contribution in [0.25, 0.3) is 0 Å². The summed E-state index contributed by atoms with van der Waals surface area (Å²) in [5.41, 5.74) is 0.646. The SMILES string of the molecule is CNC(CC(=O)O)Cc1cc(Cl)ccc1O. The first kappa shape index (κ1) is 12.8. The fourth-order valence-electron chi connectivity index (χ4n) is 1.47. The number of aliphatic carboxylic acids is 1. The first-order valence-electron chi connectivity index (χ1n) is 4.89. The van der Waals surface area contributed by atoms with E-state index in [0.29, 0.717) is 17.0 Å². The van der Waals surface area contributed by atoms with Crippen LogP contribution in [0.5, 0.6) is 5.75 Å². The molecule has 0 fully saturated rings. The van der Waals surface area contributed by atoms with Gasteiger partial charge in [0.1, 0.15) is 5.75 Å². The second kappa shape index (κ2) is 5.72. The summed E-state index contributed by atoms with van der Waals surface area (Å²) in [5.74, 6) is -0.740. The van der Waals surface area contributed by atoms with E-state index >= 15 is 0 Å². The first-order chi connectivity index (χ1) is 7.52. The second-order valence-corrected chi connectivity index (χ2v) is 4.00. The van der Waals surface area contributed by atoms with Gasteiger partial charge in [-0.3, -0.25) is 4.79 Å². The fourth-order valence-corrected chi connectivity index (χ4v) is 1.66. The van der Waals surface area contributed by atoms with Crippen molar-refractivity contribution < 1.29 is 15.0 Å². The smallest absolute Gasteiger partial charge is 0.304 e. The molecule has 3 N–H and O–H groups in total. The van der Waals surface area contributed by atoms with E-state index in [1.807, 2.05) is 0 Å². The van der Waals surface area contributed by atoms with Gasteiger partial charge in [0.2, 0.25) is 0 Å². The highest BCUT2D eigenvalue weighted by molar-refractivity contribution is 6.30. The zero-order chi connectivity index (χ0) is 12.1. The lowest BCUT2D eigenvalue weighted by molar-refractivity contribution is -0.137. The molecule has 1 aromatic rings. The number of carbonyl (C=O) groups is 1. The highest BCUT2D eigenvalue weighted by atomic mass is 35.5. The highest BCUT2D eigenvalue weighted by Crippen LogP contribution is 2.23. The molecule has 1 aromatic carbocycles. The molecule has 0 spiro atoms. The van der Waals surface area contributed by atoms with Gasteiger partial charge in [0.15, 0.2) is 0 Å². The molecule has 0 aliphatic heterocycles. The lowest BCUT2D eigenvalue weighted by Gasteiger charge is -2.14. The summed E-state index contributed by atoms with van der Waals surface area (Å²) >= 11 is 5.80. The highest BCUT2D eigenvalue weighted by Gasteiger charge is 2.14. The third-order valence-electron chi connectivity index (χ3n) is 2.34. The number of hydrogen-bond acceptors (Lipinski definition) is 3. The third-order valence-corrected chi connectivity index (χ3v) is 2.57. The van der Waals surface area contributed by atoms with Crippen LogP contribution >= 0.6 is 11.6 Å². The van der Waals surface area contributed by atoms with E-state index in [1.54, 1.807) is 19.2 Å². The summed E-state index contributed by atoms with van der Waals surface area (Å²) in [6, 6.07) is 4.52. The van der Waals surface area contributed by atoms with Gasteiger partial charge in [-0.1, -0.05) is 11.6 Å². The first-order valence-corrected chi connectivity index (χ1v) is 5.27. The number of carboxylic acids is 1. The van der Waals surface area contributed by atoms with Gasteiger partial charge in [0, 0.05) is 11.1 Å². The van der Waals surface area contributed by atoms with Crippen LogP contribution in [0.4, 0.5) is 0 Å². The Labute approximate surface area is 98.9 Å². The molecule has 0 bridgehead atoms. The van der Waals surface area contributed by atoms with Gasteiger partial charge in [0.05, 0.1) is 6.42 Å². The van der Waals surface area contributed by atoms with Gasteiger partial charge in [-0.05, 0) is 37.2 Å². The van der Waals surface area contributed by atoms with Gasteiger partial charge in [-0.25, -0.2) is 0 Å². The van der Waals surface area contributed by atoms with Gasteiger partial charge in [-0.15, -0.1) is 0 Å². The Bertz CT molecular complexity index is 381. The van der Waals surface area contributed by atoms with Crippen LogP contribution in [0.15, 0.2) is 18.2 Å². The van der Waals surface area contributed by atoms with Crippen LogP contribution in [0.1, 0.15) is 12.0 Å². The molecule has 5 heteroatoms. The Kier molecular flexibility index (Phi) is 4.58. The summed E-state index contributed by atoms with van der Waals surface area (Å²) in [6.07, 6.45) is 0.428. The number of aromatic hydroxyl groups is 1. The molecule has 0 saturated carbocycles. The van der Waals surface area contributed by atoms with E-state index in [2.05, 4.69) is 5.32 Å². The van der Waals surface area contributed by atoms with Crippen molar-refractivity contribution in [1.82, 2.24) is 5.32 Å². The van der Waals surface area contributed by atoms with Gasteiger partial charge >= 0.3 is 5.97 Å². The largest absolute Gasteiger partial charge is 0.508 e. The van der Waals surface area contributed by atoms with Crippen molar-refractivity contribution in [3.05, 3.63) is 28.8 Å².